The van der Waals surface area contributed by atoms with Gasteiger partial charge in [-0.1, -0.05) is 25.7 Å². The first kappa shape index (κ1) is 14.3. The average Bonchev–Trinajstić information content (AvgIpc) is 2.53. The van der Waals surface area contributed by atoms with Crippen LogP contribution in [0.2, 0.25) is 0 Å². The summed E-state index contributed by atoms with van der Waals surface area (Å²) in [5.41, 5.74) is -0.524. The van der Waals surface area contributed by atoms with Gasteiger partial charge in [-0.3, -0.25) is 0 Å². The molecule has 0 unspecified atom stereocenters. The molecule has 106 valence electrons. The molecule has 1 saturated carbocycles. The van der Waals surface area contributed by atoms with Crippen molar-refractivity contribution in [3.8, 4) is 0 Å². The van der Waals surface area contributed by atoms with E-state index in [0.717, 1.165) is 25.7 Å². The van der Waals surface area contributed by atoms with Gasteiger partial charge in [0.2, 0.25) is 0 Å². The van der Waals surface area contributed by atoms with Crippen LogP contribution in [-0.2, 0) is 9.47 Å². The zero-order chi connectivity index (χ0) is 13.1. The van der Waals surface area contributed by atoms with Crippen LogP contribution in [0.25, 0.3) is 0 Å². The highest BCUT2D eigenvalue weighted by molar-refractivity contribution is 4.85. The van der Waals surface area contributed by atoms with Crippen molar-refractivity contribution in [1.29, 1.82) is 0 Å². The highest BCUT2D eigenvalue weighted by Gasteiger charge is 2.32. The standard InChI is InChI=1S/C14H27NO3/c1-13(2)17-9-12(10-18-13)15-11-14(16)7-5-3-4-6-8-14/h12,15-16H,3-11H2,1-2H3. The highest BCUT2D eigenvalue weighted by atomic mass is 16.7. The maximum Gasteiger partial charge on any atom is 0.162 e. The van der Waals surface area contributed by atoms with Crippen molar-refractivity contribution >= 4 is 0 Å². The summed E-state index contributed by atoms with van der Waals surface area (Å²) in [4.78, 5) is 0. The summed E-state index contributed by atoms with van der Waals surface area (Å²) in [5, 5.41) is 13.9. The highest BCUT2D eigenvalue weighted by Crippen LogP contribution is 2.26. The van der Waals surface area contributed by atoms with Gasteiger partial charge in [0.25, 0.3) is 0 Å². The predicted molar refractivity (Wildman–Crippen MR) is 70.4 cm³/mol. The van der Waals surface area contributed by atoms with E-state index in [1.807, 2.05) is 13.8 Å². The van der Waals surface area contributed by atoms with Crippen molar-refractivity contribution in [3.05, 3.63) is 0 Å². The van der Waals surface area contributed by atoms with Crippen LogP contribution in [0.1, 0.15) is 52.4 Å². The normalized spacial score (nSPS) is 28.8. The van der Waals surface area contributed by atoms with Crippen LogP contribution in [0.4, 0.5) is 0 Å². The topological polar surface area (TPSA) is 50.7 Å². The maximum atomic E-state index is 10.5. The third kappa shape index (κ3) is 4.19. The van der Waals surface area contributed by atoms with Crippen LogP contribution < -0.4 is 5.32 Å². The minimum Gasteiger partial charge on any atom is -0.389 e. The van der Waals surface area contributed by atoms with Crippen LogP contribution in [-0.4, -0.2) is 42.3 Å². The molecule has 0 aromatic heterocycles. The summed E-state index contributed by atoms with van der Waals surface area (Å²) in [6.07, 6.45) is 6.63. The molecule has 1 heterocycles. The van der Waals surface area contributed by atoms with E-state index in [4.69, 9.17) is 9.47 Å². The van der Waals surface area contributed by atoms with Crippen molar-refractivity contribution < 1.29 is 14.6 Å². The molecule has 1 aliphatic heterocycles. The molecule has 0 radical (unpaired) electrons. The van der Waals surface area contributed by atoms with E-state index in [0.29, 0.717) is 19.8 Å². The van der Waals surface area contributed by atoms with Gasteiger partial charge in [0.05, 0.1) is 24.9 Å². The van der Waals surface area contributed by atoms with E-state index in [1.54, 1.807) is 0 Å². The van der Waals surface area contributed by atoms with Gasteiger partial charge >= 0.3 is 0 Å². The lowest BCUT2D eigenvalue weighted by molar-refractivity contribution is -0.253. The Kier molecular flexibility index (Phi) is 4.64. The van der Waals surface area contributed by atoms with Crippen molar-refractivity contribution in [1.82, 2.24) is 5.32 Å². The summed E-state index contributed by atoms with van der Waals surface area (Å²) in [5.74, 6) is -0.461. The average molecular weight is 257 g/mol. The minimum absolute atomic E-state index is 0.199. The predicted octanol–water partition coefficient (Wildman–Crippen LogP) is 1.81. The quantitative estimate of drug-likeness (QED) is 0.757. The van der Waals surface area contributed by atoms with E-state index < -0.39 is 11.4 Å². The van der Waals surface area contributed by atoms with Gasteiger partial charge < -0.3 is 19.9 Å². The molecule has 2 fully saturated rings. The molecule has 0 amide bonds. The number of rotatable bonds is 3. The number of ether oxygens (including phenoxy) is 2. The monoisotopic (exact) mass is 257 g/mol. The fourth-order valence-corrected chi connectivity index (χ4v) is 2.71. The second-order valence-electron chi connectivity index (χ2n) is 6.24. The van der Waals surface area contributed by atoms with Crippen LogP contribution in [0.5, 0.6) is 0 Å². The lowest BCUT2D eigenvalue weighted by Crippen LogP contribution is -2.52. The minimum atomic E-state index is -0.524. The molecule has 0 bridgehead atoms. The van der Waals surface area contributed by atoms with Gasteiger partial charge in [0.1, 0.15) is 0 Å². The van der Waals surface area contributed by atoms with Gasteiger partial charge in [-0.15, -0.1) is 0 Å². The molecule has 2 aliphatic rings. The van der Waals surface area contributed by atoms with Gasteiger partial charge in [0, 0.05) is 6.54 Å². The third-order valence-electron chi connectivity index (χ3n) is 4.02. The Morgan fingerprint density at radius 1 is 1.06 bits per heavy atom. The van der Waals surface area contributed by atoms with Gasteiger partial charge in [-0.05, 0) is 26.7 Å². The Balaban J connectivity index is 1.74. The van der Waals surface area contributed by atoms with Crippen molar-refractivity contribution in [3.63, 3.8) is 0 Å². The molecule has 1 saturated heterocycles. The molecule has 0 spiro atoms. The van der Waals surface area contributed by atoms with E-state index in [9.17, 15) is 5.11 Å². The summed E-state index contributed by atoms with van der Waals surface area (Å²) >= 11 is 0. The van der Waals surface area contributed by atoms with Crippen molar-refractivity contribution in [2.75, 3.05) is 19.8 Å². The Labute approximate surface area is 110 Å². The zero-order valence-electron chi connectivity index (χ0n) is 11.7. The Hall–Kier alpha value is -0.160. The molecule has 4 nitrogen and oxygen atoms in total. The van der Waals surface area contributed by atoms with Gasteiger partial charge in [-0.2, -0.15) is 0 Å². The third-order valence-corrected chi connectivity index (χ3v) is 4.02. The summed E-state index contributed by atoms with van der Waals surface area (Å²) in [6, 6.07) is 0.199. The lowest BCUT2D eigenvalue weighted by Gasteiger charge is -2.37. The second kappa shape index (κ2) is 5.87. The number of nitrogens with one attached hydrogen (secondary N) is 1. The van der Waals surface area contributed by atoms with Gasteiger partial charge in [0.15, 0.2) is 5.79 Å². The number of hydrogen-bond donors (Lipinski definition) is 2. The molecule has 2 rings (SSSR count). The smallest absolute Gasteiger partial charge is 0.162 e. The molecule has 0 aromatic rings. The van der Waals surface area contributed by atoms with Crippen LogP contribution >= 0.6 is 0 Å². The van der Waals surface area contributed by atoms with Crippen LogP contribution in [0.15, 0.2) is 0 Å². The molecule has 0 atom stereocenters. The summed E-state index contributed by atoms with van der Waals surface area (Å²) < 4.78 is 11.2. The van der Waals surface area contributed by atoms with E-state index in [2.05, 4.69) is 5.32 Å². The summed E-state index contributed by atoms with van der Waals surface area (Å²) in [6.45, 7) is 5.83. The molecule has 18 heavy (non-hydrogen) atoms. The molecule has 1 aliphatic carbocycles. The first-order valence-corrected chi connectivity index (χ1v) is 7.23. The Morgan fingerprint density at radius 2 is 1.61 bits per heavy atom. The zero-order valence-corrected chi connectivity index (χ0v) is 11.7. The first-order chi connectivity index (χ1) is 8.49. The fourth-order valence-electron chi connectivity index (χ4n) is 2.71. The van der Waals surface area contributed by atoms with E-state index in [1.165, 1.54) is 12.8 Å². The second-order valence-corrected chi connectivity index (χ2v) is 6.24. The van der Waals surface area contributed by atoms with Crippen molar-refractivity contribution in [2.45, 2.75) is 69.8 Å². The SMILES string of the molecule is CC1(C)OCC(NCC2(O)CCCCCC2)CO1. The largest absolute Gasteiger partial charge is 0.389 e. The summed E-state index contributed by atoms with van der Waals surface area (Å²) in [7, 11) is 0. The molecule has 4 heteroatoms. The van der Waals surface area contributed by atoms with Crippen LogP contribution in [0, 0.1) is 0 Å². The molecular formula is C14H27NO3. The van der Waals surface area contributed by atoms with Crippen molar-refractivity contribution in [2.24, 2.45) is 0 Å². The maximum absolute atomic E-state index is 10.5. The first-order valence-electron chi connectivity index (χ1n) is 7.23. The van der Waals surface area contributed by atoms with E-state index >= 15 is 0 Å². The van der Waals surface area contributed by atoms with E-state index in [-0.39, 0.29) is 6.04 Å². The molecule has 0 aromatic carbocycles. The Bertz CT molecular complexity index is 250. The number of aliphatic hydroxyl groups is 1. The number of hydrogen-bond acceptors (Lipinski definition) is 4. The van der Waals surface area contributed by atoms with Crippen LogP contribution in [0.3, 0.4) is 0 Å². The fraction of sp³-hybridized carbons (Fsp3) is 1.00. The lowest BCUT2D eigenvalue weighted by atomic mass is 9.94. The molecular weight excluding hydrogens is 230 g/mol. The Morgan fingerprint density at radius 3 is 2.17 bits per heavy atom. The van der Waals surface area contributed by atoms with Gasteiger partial charge in [-0.25, -0.2) is 0 Å². The molecule has 2 N–H and O–H groups in total.